The molecule has 1 aliphatic carbocycles. The molecule has 126 valence electrons. The van der Waals surface area contributed by atoms with Gasteiger partial charge in [-0.15, -0.1) is 0 Å². The quantitative estimate of drug-likeness (QED) is 0.872. The number of benzene rings is 1. The third kappa shape index (κ3) is 3.91. The molecule has 24 heavy (non-hydrogen) atoms. The van der Waals surface area contributed by atoms with Crippen LogP contribution in [0, 0.1) is 0 Å². The third-order valence-corrected chi connectivity index (χ3v) is 4.43. The van der Waals surface area contributed by atoms with Crippen molar-refractivity contribution in [3.63, 3.8) is 0 Å². The number of carbonyl (C=O) groups excluding carboxylic acids is 1. The molecule has 0 spiro atoms. The second-order valence-corrected chi connectivity index (χ2v) is 6.62. The van der Waals surface area contributed by atoms with Gasteiger partial charge in [-0.05, 0) is 30.4 Å². The lowest BCUT2D eigenvalue weighted by Gasteiger charge is -2.14. The number of carbonyl (C=O) groups is 1. The molecule has 5 nitrogen and oxygen atoms in total. The van der Waals surface area contributed by atoms with Crippen molar-refractivity contribution >= 4 is 17.5 Å². The van der Waals surface area contributed by atoms with Gasteiger partial charge < -0.3 is 10.6 Å². The van der Waals surface area contributed by atoms with Gasteiger partial charge in [0.25, 0.3) is 5.91 Å². The summed E-state index contributed by atoms with van der Waals surface area (Å²) < 4.78 is 0. The van der Waals surface area contributed by atoms with E-state index >= 15 is 0 Å². The Balaban J connectivity index is 1.67. The predicted octanol–water partition coefficient (Wildman–Crippen LogP) is 4.02. The summed E-state index contributed by atoms with van der Waals surface area (Å²) in [7, 11) is 0. The smallest absolute Gasteiger partial charge is 0.254 e. The maximum absolute atomic E-state index is 12.2. The van der Waals surface area contributed by atoms with Crippen molar-refractivity contribution in [1.29, 1.82) is 0 Å². The standard InChI is InChI=1S/C19H24N4O/c1-13(2)16-9-5-6-10-17(16)23-19-20-11-14(12-21-19)18(24)22-15-7-3-4-8-15/h5-6,9-13,15H,3-4,7-8H2,1-2H3,(H,22,24)(H,20,21,23). The molecule has 1 amide bonds. The largest absolute Gasteiger partial charge is 0.349 e. The Morgan fingerprint density at radius 3 is 2.46 bits per heavy atom. The van der Waals surface area contributed by atoms with E-state index in [2.05, 4.69) is 40.5 Å². The van der Waals surface area contributed by atoms with Crippen LogP contribution in [0.15, 0.2) is 36.7 Å². The van der Waals surface area contributed by atoms with Gasteiger partial charge in [0.2, 0.25) is 5.95 Å². The molecule has 3 rings (SSSR count). The van der Waals surface area contributed by atoms with E-state index < -0.39 is 0 Å². The molecular weight excluding hydrogens is 300 g/mol. The Morgan fingerprint density at radius 1 is 1.12 bits per heavy atom. The molecule has 1 fully saturated rings. The highest BCUT2D eigenvalue weighted by molar-refractivity contribution is 5.93. The topological polar surface area (TPSA) is 66.9 Å². The molecule has 1 aromatic heterocycles. The molecule has 2 N–H and O–H groups in total. The average molecular weight is 324 g/mol. The summed E-state index contributed by atoms with van der Waals surface area (Å²) in [5.41, 5.74) is 2.71. The van der Waals surface area contributed by atoms with E-state index in [0.29, 0.717) is 23.5 Å². The second kappa shape index (κ2) is 7.43. The van der Waals surface area contributed by atoms with Crippen LogP contribution >= 0.6 is 0 Å². The first-order valence-corrected chi connectivity index (χ1v) is 8.62. The van der Waals surface area contributed by atoms with Gasteiger partial charge in [0.1, 0.15) is 0 Å². The van der Waals surface area contributed by atoms with Crippen molar-refractivity contribution in [2.75, 3.05) is 5.32 Å². The number of aromatic nitrogens is 2. The Labute approximate surface area is 142 Å². The molecule has 0 saturated heterocycles. The van der Waals surface area contributed by atoms with E-state index in [1.807, 2.05) is 18.2 Å². The van der Waals surface area contributed by atoms with Crippen LogP contribution in [-0.2, 0) is 0 Å². The van der Waals surface area contributed by atoms with Crippen LogP contribution in [0.5, 0.6) is 0 Å². The SMILES string of the molecule is CC(C)c1ccccc1Nc1ncc(C(=O)NC2CCCC2)cn1. The number of anilines is 2. The lowest BCUT2D eigenvalue weighted by atomic mass is 10.0. The normalized spacial score (nSPS) is 14.8. The molecule has 5 heteroatoms. The zero-order valence-electron chi connectivity index (χ0n) is 14.2. The number of amides is 1. The van der Waals surface area contributed by atoms with E-state index in [4.69, 9.17) is 0 Å². The van der Waals surface area contributed by atoms with Crippen LogP contribution < -0.4 is 10.6 Å². The summed E-state index contributed by atoms with van der Waals surface area (Å²) in [5.74, 6) is 0.821. The van der Waals surface area contributed by atoms with Crippen molar-refractivity contribution in [3.8, 4) is 0 Å². The van der Waals surface area contributed by atoms with Crippen LogP contribution in [0.2, 0.25) is 0 Å². The first-order valence-electron chi connectivity index (χ1n) is 8.62. The molecule has 1 heterocycles. The van der Waals surface area contributed by atoms with Gasteiger partial charge in [-0.25, -0.2) is 9.97 Å². The Morgan fingerprint density at radius 2 is 1.79 bits per heavy atom. The summed E-state index contributed by atoms with van der Waals surface area (Å²) >= 11 is 0. The fourth-order valence-electron chi connectivity index (χ4n) is 3.08. The van der Waals surface area contributed by atoms with Crippen LogP contribution in [0.3, 0.4) is 0 Å². The van der Waals surface area contributed by atoms with E-state index in [9.17, 15) is 4.79 Å². The molecule has 1 aromatic carbocycles. The maximum Gasteiger partial charge on any atom is 0.254 e. The Bertz CT molecular complexity index is 691. The lowest BCUT2D eigenvalue weighted by molar-refractivity contribution is 0.0937. The summed E-state index contributed by atoms with van der Waals surface area (Å²) in [6, 6.07) is 8.42. The highest BCUT2D eigenvalue weighted by atomic mass is 16.1. The summed E-state index contributed by atoms with van der Waals surface area (Å²) in [4.78, 5) is 20.8. The number of nitrogens with zero attached hydrogens (tertiary/aromatic N) is 2. The molecule has 0 bridgehead atoms. The monoisotopic (exact) mass is 324 g/mol. The first kappa shape index (κ1) is 16.4. The predicted molar refractivity (Wildman–Crippen MR) is 95.6 cm³/mol. The highest BCUT2D eigenvalue weighted by Crippen LogP contribution is 2.25. The fraction of sp³-hybridized carbons (Fsp3) is 0.421. The van der Waals surface area contributed by atoms with Crippen LogP contribution in [0.4, 0.5) is 11.6 Å². The molecule has 0 aliphatic heterocycles. The lowest BCUT2D eigenvalue weighted by Crippen LogP contribution is -2.32. The fourth-order valence-corrected chi connectivity index (χ4v) is 3.08. The number of para-hydroxylation sites is 1. The number of hydrogen-bond acceptors (Lipinski definition) is 4. The Hall–Kier alpha value is -2.43. The molecule has 1 aliphatic rings. The minimum absolute atomic E-state index is 0.0870. The zero-order valence-corrected chi connectivity index (χ0v) is 14.2. The van der Waals surface area contributed by atoms with E-state index in [1.54, 1.807) is 12.4 Å². The van der Waals surface area contributed by atoms with Gasteiger partial charge in [0, 0.05) is 24.1 Å². The maximum atomic E-state index is 12.2. The third-order valence-electron chi connectivity index (χ3n) is 4.43. The summed E-state index contributed by atoms with van der Waals surface area (Å²) in [6.45, 7) is 4.30. The highest BCUT2D eigenvalue weighted by Gasteiger charge is 2.18. The van der Waals surface area contributed by atoms with Crippen molar-refractivity contribution in [2.45, 2.75) is 51.5 Å². The zero-order chi connectivity index (χ0) is 16.9. The molecule has 1 saturated carbocycles. The van der Waals surface area contributed by atoms with Crippen LogP contribution in [0.25, 0.3) is 0 Å². The van der Waals surface area contributed by atoms with Gasteiger partial charge in [-0.2, -0.15) is 0 Å². The summed E-state index contributed by atoms with van der Waals surface area (Å²) in [5, 5.41) is 6.29. The number of rotatable bonds is 5. The van der Waals surface area contributed by atoms with Crippen molar-refractivity contribution in [2.24, 2.45) is 0 Å². The molecule has 0 unspecified atom stereocenters. The number of nitrogens with one attached hydrogen (secondary N) is 2. The minimum atomic E-state index is -0.0870. The minimum Gasteiger partial charge on any atom is -0.349 e. The van der Waals surface area contributed by atoms with Crippen molar-refractivity contribution in [1.82, 2.24) is 15.3 Å². The molecule has 0 radical (unpaired) electrons. The van der Waals surface area contributed by atoms with Crippen LogP contribution in [-0.4, -0.2) is 21.9 Å². The van der Waals surface area contributed by atoms with E-state index in [1.165, 1.54) is 18.4 Å². The average Bonchev–Trinajstić information content (AvgIpc) is 3.09. The van der Waals surface area contributed by atoms with Gasteiger partial charge in [0.15, 0.2) is 0 Å². The van der Waals surface area contributed by atoms with E-state index in [0.717, 1.165) is 18.5 Å². The van der Waals surface area contributed by atoms with Gasteiger partial charge in [-0.1, -0.05) is 44.9 Å². The van der Waals surface area contributed by atoms with Crippen molar-refractivity contribution < 1.29 is 4.79 Å². The van der Waals surface area contributed by atoms with Gasteiger partial charge in [-0.3, -0.25) is 4.79 Å². The number of hydrogen-bond donors (Lipinski definition) is 2. The first-order chi connectivity index (χ1) is 11.6. The van der Waals surface area contributed by atoms with Gasteiger partial charge >= 0.3 is 0 Å². The van der Waals surface area contributed by atoms with E-state index in [-0.39, 0.29) is 5.91 Å². The molecular formula is C19H24N4O. The summed E-state index contributed by atoms with van der Waals surface area (Å²) in [6.07, 6.45) is 7.69. The second-order valence-electron chi connectivity index (χ2n) is 6.62. The van der Waals surface area contributed by atoms with Crippen molar-refractivity contribution in [3.05, 3.63) is 47.8 Å². The molecule has 0 atom stereocenters. The Kier molecular flexibility index (Phi) is 5.08. The molecule has 2 aromatic rings. The van der Waals surface area contributed by atoms with Gasteiger partial charge in [0.05, 0.1) is 5.56 Å². The van der Waals surface area contributed by atoms with Crippen LogP contribution in [0.1, 0.15) is 61.4 Å².